The summed E-state index contributed by atoms with van der Waals surface area (Å²) in [4.78, 5) is 9.60. The molecule has 3 heterocycles. The molecule has 0 bridgehead atoms. The highest BCUT2D eigenvalue weighted by molar-refractivity contribution is 5.40. The van der Waals surface area contributed by atoms with Gasteiger partial charge in [-0.25, -0.2) is 4.98 Å². The maximum atomic E-state index is 5.30. The van der Waals surface area contributed by atoms with Gasteiger partial charge in [0, 0.05) is 45.5 Å². The summed E-state index contributed by atoms with van der Waals surface area (Å²) >= 11 is 0. The molecule has 2 fully saturated rings. The smallest absolute Gasteiger partial charge is 0.128 e. The maximum Gasteiger partial charge on any atom is 0.128 e. The summed E-state index contributed by atoms with van der Waals surface area (Å²) in [6.45, 7) is 7.54. The van der Waals surface area contributed by atoms with Crippen molar-refractivity contribution < 1.29 is 4.74 Å². The maximum absolute atomic E-state index is 5.30. The summed E-state index contributed by atoms with van der Waals surface area (Å²) in [5.41, 5.74) is 1.23. The topological polar surface area (TPSA) is 28.6 Å². The van der Waals surface area contributed by atoms with Gasteiger partial charge in [-0.05, 0) is 30.9 Å². The Morgan fingerprint density at radius 2 is 2.21 bits per heavy atom. The number of methoxy groups -OCH3 is 1. The molecule has 4 heteroatoms. The molecule has 104 valence electrons. The van der Waals surface area contributed by atoms with E-state index in [9.17, 15) is 0 Å². The molecule has 4 nitrogen and oxygen atoms in total. The number of hydrogen-bond donors (Lipinski definition) is 0. The molecule has 0 aliphatic carbocycles. The fourth-order valence-electron chi connectivity index (χ4n) is 3.36. The fraction of sp³-hybridized carbons (Fsp3) is 0.667. The van der Waals surface area contributed by atoms with Crippen LogP contribution < -0.4 is 4.90 Å². The van der Waals surface area contributed by atoms with Crippen LogP contribution in [-0.4, -0.2) is 55.8 Å². The van der Waals surface area contributed by atoms with Crippen LogP contribution in [0.5, 0.6) is 0 Å². The van der Waals surface area contributed by atoms with Crippen molar-refractivity contribution in [1.82, 2.24) is 9.88 Å². The third-order valence-electron chi connectivity index (χ3n) is 4.32. The molecule has 0 saturated carbocycles. The van der Waals surface area contributed by atoms with Crippen molar-refractivity contribution in [2.24, 2.45) is 5.92 Å². The number of ether oxygens (including phenoxy) is 1. The summed E-state index contributed by atoms with van der Waals surface area (Å²) in [5.74, 6) is 1.83. The minimum atomic E-state index is 0.678. The lowest BCUT2D eigenvalue weighted by Gasteiger charge is -2.38. The van der Waals surface area contributed by atoms with Gasteiger partial charge in [-0.1, -0.05) is 6.07 Å². The number of aromatic nitrogens is 1. The highest BCUT2D eigenvalue weighted by atomic mass is 16.5. The van der Waals surface area contributed by atoms with E-state index in [4.69, 9.17) is 4.74 Å². The first kappa shape index (κ1) is 12.9. The van der Waals surface area contributed by atoms with Crippen molar-refractivity contribution in [1.29, 1.82) is 0 Å². The van der Waals surface area contributed by atoms with Gasteiger partial charge < -0.3 is 9.64 Å². The Balaban J connectivity index is 1.64. The van der Waals surface area contributed by atoms with E-state index in [0.29, 0.717) is 12.0 Å². The van der Waals surface area contributed by atoms with Gasteiger partial charge in [-0.2, -0.15) is 0 Å². The molecule has 1 aromatic heterocycles. The Hall–Kier alpha value is -1.13. The molecule has 19 heavy (non-hydrogen) atoms. The molecule has 1 aromatic rings. The summed E-state index contributed by atoms with van der Waals surface area (Å²) in [5, 5.41) is 0. The van der Waals surface area contributed by atoms with Crippen molar-refractivity contribution in [3.8, 4) is 0 Å². The Morgan fingerprint density at radius 3 is 2.95 bits per heavy atom. The number of pyridine rings is 1. The fourth-order valence-corrected chi connectivity index (χ4v) is 3.36. The average molecular weight is 261 g/mol. The molecule has 2 aliphatic rings. The zero-order valence-electron chi connectivity index (χ0n) is 11.9. The van der Waals surface area contributed by atoms with Crippen molar-refractivity contribution in [3.05, 3.63) is 23.9 Å². The van der Waals surface area contributed by atoms with Gasteiger partial charge in [0.25, 0.3) is 0 Å². The lowest BCUT2D eigenvalue weighted by molar-refractivity contribution is 0.153. The molecule has 0 amide bonds. The molecule has 2 atom stereocenters. The van der Waals surface area contributed by atoms with Gasteiger partial charge in [-0.15, -0.1) is 0 Å². The third-order valence-corrected chi connectivity index (χ3v) is 4.32. The van der Waals surface area contributed by atoms with Gasteiger partial charge in [0.1, 0.15) is 5.82 Å². The van der Waals surface area contributed by atoms with E-state index < -0.39 is 0 Å². The van der Waals surface area contributed by atoms with E-state index in [2.05, 4.69) is 33.8 Å². The molecule has 3 rings (SSSR count). The second-order valence-corrected chi connectivity index (χ2v) is 5.85. The number of nitrogens with zero attached hydrogens (tertiary/aromatic N) is 3. The van der Waals surface area contributed by atoms with Crippen LogP contribution in [0, 0.1) is 12.8 Å². The highest BCUT2D eigenvalue weighted by Gasteiger charge is 2.36. The van der Waals surface area contributed by atoms with Crippen LogP contribution in [0.4, 0.5) is 5.82 Å². The number of piperazine rings is 1. The SMILES string of the molecule is COC[C@H]1CC2CN(c3ccc(C)cn3)CCN2C1. The van der Waals surface area contributed by atoms with Crippen LogP contribution in [-0.2, 0) is 4.74 Å². The molecule has 0 radical (unpaired) electrons. The molecule has 2 saturated heterocycles. The first-order valence-electron chi connectivity index (χ1n) is 7.17. The minimum absolute atomic E-state index is 0.678. The van der Waals surface area contributed by atoms with Crippen LogP contribution in [0.25, 0.3) is 0 Å². The van der Waals surface area contributed by atoms with Gasteiger partial charge in [0.2, 0.25) is 0 Å². The van der Waals surface area contributed by atoms with E-state index >= 15 is 0 Å². The minimum Gasteiger partial charge on any atom is -0.384 e. The first-order chi connectivity index (χ1) is 9.26. The van der Waals surface area contributed by atoms with Gasteiger partial charge in [0.05, 0.1) is 6.61 Å². The predicted octanol–water partition coefficient (Wildman–Crippen LogP) is 1.55. The molecule has 0 spiro atoms. The monoisotopic (exact) mass is 261 g/mol. The number of anilines is 1. The van der Waals surface area contributed by atoms with Crippen molar-refractivity contribution >= 4 is 5.82 Å². The van der Waals surface area contributed by atoms with Crippen molar-refractivity contribution in [2.45, 2.75) is 19.4 Å². The predicted molar refractivity (Wildman–Crippen MR) is 76.5 cm³/mol. The Labute approximate surface area is 115 Å². The van der Waals surface area contributed by atoms with Crippen LogP contribution in [0.3, 0.4) is 0 Å². The van der Waals surface area contributed by atoms with Crippen LogP contribution in [0.1, 0.15) is 12.0 Å². The summed E-state index contributed by atoms with van der Waals surface area (Å²) in [6.07, 6.45) is 3.22. The number of aryl methyl sites for hydroxylation is 1. The number of fused-ring (bicyclic) bond motifs is 1. The van der Waals surface area contributed by atoms with Crippen LogP contribution in [0.15, 0.2) is 18.3 Å². The zero-order chi connectivity index (χ0) is 13.2. The van der Waals surface area contributed by atoms with Gasteiger partial charge in [-0.3, -0.25) is 4.90 Å². The lowest BCUT2D eigenvalue weighted by Crippen LogP contribution is -2.50. The number of rotatable bonds is 3. The standard InChI is InChI=1S/C15H23N3O/c1-12-3-4-15(16-8-12)18-6-5-17-9-13(11-19-2)7-14(17)10-18/h3-4,8,13-14H,5-7,9-11H2,1-2H3/t13-,14?/m0/s1. The number of hydrogen-bond acceptors (Lipinski definition) is 4. The molecular weight excluding hydrogens is 238 g/mol. The average Bonchev–Trinajstić information content (AvgIpc) is 2.81. The van der Waals surface area contributed by atoms with E-state index in [1.165, 1.54) is 18.5 Å². The molecule has 0 aromatic carbocycles. The molecule has 1 unspecified atom stereocenters. The Kier molecular flexibility index (Phi) is 3.71. The molecule has 0 N–H and O–H groups in total. The van der Waals surface area contributed by atoms with E-state index in [-0.39, 0.29) is 0 Å². The quantitative estimate of drug-likeness (QED) is 0.825. The van der Waals surface area contributed by atoms with Crippen molar-refractivity contribution in [2.75, 3.05) is 44.8 Å². The lowest BCUT2D eigenvalue weighted by atomic mass is 10.1. The van der Waals surface area contributed by atoms with E-state index in [1.54, 1.807) is 7.11 Å². The molecule has 2 aliphatic heterocycles. The Morgan fingerprint density at radius 1 is 1.32 bits per heavy atom. The highest BCUT2D eigenvalue weighted by Crippen LogP contribution is 2.28. The second kappa shape index (κ2) is 5.47. The summed E-state index contributed by atoms with van der Waals surface area (Å²) in [7, 11) is 1.81. The largest absolute Gasteiger partial charge is 0.384 e. The normalized spacial score (nSPS) is 27.6. The first-order valence-corrected chi connectivity index (χ1v) is 7.17. The third kappa shape index (κ3) is 2.74. The second-order valence-electron chi connectivity index (χ2n) is 5.85. The van der Waals surface area contributed by atoms with Crippen LogP contribution in [0.2, 0.25) is 0 Å². The van der Waals surface area contributed by atoms with E-state index in [0.717, 1.165) is 32.1 Å². The van der Waals surface area contributed by atoms with Gasteiger partial charge in [0.15, 0.2) is 0 Å². The van der Waals surface area contributed by atoms with Crippen LogP contribution >= 0.6 is 0 Å². The van der Waals surface area contributed by atoms with Gasteiger partial charge >= 0.3 is 0 Å². The zero-order valence-corrected chi connectivity index (χ0v) is 11.9. The summed E-state index contributed by atoms with van der Waals surface area (Å²) in [6, 6.07) is 4.97. The summed E-state index contributed by atoms with van der Waals surface area (Å²) < 4.78 is 5.30. The van der Waals surface area contributed by atoms with E-state index in [1.807, 2.05) is 6.20 Å². The van der Waals surface area contributed by atoms with Crippen molar-refractivity contribution in [3.63, 3.8) is 0 Å². The molecular formula is C15H23N3O. The Bertz CT molecular complexity index is 420.